The number of nitrogens with zero attached hydrogens (tertiary/aromatic N) is 1. The molecule has 0 aliphatic rings. The van der Waals surface area contributed by atoms with Crippen LogP contribution in [0.15, 0.2) is 71.8 Å². The molecule has 7 nitrogen and oxygen atoms in total. The van der Waals surface area contributed by atoms with Gasteiger partial charge in [-0.3, -0.25) is 4.79 Å². The molecule has 0 aliphatic carbocycles. The third-order valence-electron chi connectivity index (χ3n) is 5.04. The number of hydrogen-bond acceptors (Lipinski definition) is 6. The summed E-state index contributed by atoms with van der Waals surface area (Å²) in [5, 5.41) is 3.94. The summed E-state index contributed by atoms with van der Waals surface area (Å²) in [6.45, 7) is 8.32. The van der Waals surface area contributed by atoms with Crippen LogP contribution in [0.5, 0.6) is 17.2 Å². The van der Waals surface area contributed by atoms with Gasteiger partial charge in [-0.2, -0.15) is 5.10 Å². The second-order valence-electron chi connectivity index (χ2n) is 8.89. The second-order valence-corrected chi connectivity index (χ2v) is 8.89. The molecule has 1 amide bonds. The molecule has 3 aromatic carbocycles. The molecule has 0 aliphatic heterocycles. The lowest BCUT2D eigenvalue weighted by molar-refractivity contribution is -0.123. The van der Waals surface area contributed by atoms with Crippen molar-refractivity contribution in [2.75, 3.05) is 13.2 Å². The summed E-state index contributed by atoms with van der Waals surface area (Å²) in [5.74, 6) is -0.380. The highest BCUT2D eigenvalue weighted by molar-refractivity contribution is 5.91. The SMILES string of the molecule is CCOc1cc(C=NNC(=O)COc2ccc(C(C)(C)C)cc2)ccc1OC(=O)c1ccc(F)cc1. The molecular weight excluding hydrogens is 463 g/mol. The van der Waals surface area contributed by atoms with Crippen LogP contribution < -0.4 is 19.6 Å². The molecule has 0 bridgehead atoms. The molecule has 8 heteroatoms. The fourth-order valence-corrected chi connectivity index (χ4v) is 3.11. The number of ether oxygens (including phenoxy) is 3. The average molecular weight is 493 g/mol. The van der Waals surface area contributed by atoms with Gasteiger partial charge in [-0.25, -0.2) is 14.6 Å². The first-order chi connectivity index (χ1) is 17.2. The highest BCUT2D eigenvalue weighted by Crippen LogP contribution is 2.29. The number of hydrogen-bond donors (Lipinski definition) is 1. The third-order valence-corrected chi connectivity index (χ3v) is 5.04. The molecule has 0 saturated heterocycles. The zero-order valence-electron chi connectivity index (χ0n) is 20.7. The zero-order chi connectivity index (χ0) is 26.1. The van der Waals surface area contributed by atoms with E-state index in [4.69, 9.17) is 14.2 Å². The number of carbonyl (C=O) groups excluding carboxylic acids is 2. The Morgan fingerprint density at radius 2 is 1.64 bits per heavy atom. The van der Waals surface area contributed by atoms with Gasteiger partial charge in [0.05, 0.1) is 18.4 Å². The Bertz CT molecular complexity index is 1220. The lowest BCUT2D eigenvalue weighted by Gasteiger charge is -2.19. The number of hydrazone groups is 1. The van der Waals surface area contributed by atoms with Crippen LogP contribution in [0.1, 0.15) is 49.2 Å². The number of amides is 1. The minimum absolute atomic E-state index is 0.0368. The van der Waals surface area contributed by atoms with Gasteiger partial charge in [0.1, 0.15) is 11.6 Å². The summed E-state index contributed by atoms with van der Waals surface area (Å²) in [7, 11) is 0. The first-order valence-electron chi connectivity index (χ1n) is 11.5. The Morgan fingerprint density at radius 1 is 0.944 bits per heavy atom. The van der Waals surface area contributed by atoms with Crippen LogP contribution >= 0.6 is 0 Å². The van der Waals surface area contributed by atoms with Gasteiger partial charge in [0, 0.05) is 0 Å². The summed E-state index contributed by atoms with van der Waals surface area (Å²) < 4.78 is 29.6. The van der Waals surface area contributed by atoms with Gasteiger partial charge in [0.2, 0.25) is 0 Å². The summed E-state index contributed by atoms with van der Waals surface area (Å²) in [4.78, 5) is 24.4. The van der Waals surface area contributed by atoms with E-state index in [0.717, 1.165) is 0 Å². The van der Waals surface area contributed by atoms with Gasteiger partial charge in [0.15, 0.2) is 18.1 Å². The minimum atomic E-state index is -0.641. The van der Waals surface area contributed by atoms with Crippen molar-refractivity contribution in [3.05, 3.63) is 89.2 Å². The lowest BCUT2D eigenvalue weighted by Crippen LogP contribution is -2.24. The summed E-state index contributed by atoms with van der Waals surface area (Å²) in [6, 6.07) is 17.5. The Hall–Kier alpha value is -4.20. The van der Waals surface area contributed by atoms with E-state index >= 15 is 0 Å². The Morgan fingerprint density at radius 3 is 2.28 bits per heavy atom. The van der Waals surface area contributed by atoms with E-state index in [2.05, 4.69) is 31.3 Å². The lowest BCUT2D eigenvalue weighted by atomic mass is 9.87. The fourth-order valence-electron chi connectivity index (χ4n) is 3.11. The van der Waals surface area contributed by atoms with Crippen LogP contribution in [0.25, 0.3) is 0 Å². The molecule has 1 N–H and O–H groups in total. The molecule has 188 valence electrons. The van der Waals surface area contributed by atoms with E-state index in [9.17, 15) is 14.0 Å². The highest BCUT2D eigenvalue weighted by Gasteiger charge is 2.14. The fraction of sp³-hybridized carbons (Fsp3) is 0.250. The molecular formula is C28H29FN2O5. The second kappa shape index (κ2) is 12.0. The number of esters is 1. The maximum atomic E-state index is 13.1. The van der Waals surface area contributed by atoms with E-state index in [1.807, 2.05) is 24.3 Å². The van der Waals surface area contributed by atoms with Gasteiger partial charge >= 0.3 is 5.97 Å². The van der Waals surface area contributed by atoms with Crippen molar-refractivity contribution in [1.82, 2.24) is 5.43 Å². The van der Waals surface area contributed by atoms with Gasteiger partial charge in [-0.05, 0) is 78.1 Å². The molecule has 0 heterocycles. The average Bonchev–Trinajstić information content (AvgIpc) is 2.84. The number of nitrogens with one attached hydrogen (secondary N) is 1. The molecule has 3 rings (SSSR count). The maximum absolute atomic E-state index is 13.1. The first kappa shape index (κ1) is 26.4. The normalized spacial score (nSPS) is 11.2. The molecule has 0 aromatic heterocycles. The topological polar surface area (TPSA) is 86.2 Å². The predicted octanol–water partition coefficient (Wildman–Crippen LogP) is 5.27. The molecule has 0 atom stereocenters. The van der Waals surface area contributed by atoms with Gasteiger partial charge in [0.25, 0.3) is 5.91 Å². The molecule has 3 aromatic rings. The van der Waals surface area contributed by atoms with Crippen LogP contribution in [0.4, 0.5) is 4.39 Å². The van der Waals surface area contributed by atoms with Gasteiger partial charge < -0.3 is 14.2 Å². The van der Waals surface area contributed by atoms with E-state index in [1.54, 1.807) is 25.1 Å². The number of rotatable bonds is 9. The Balaban J connectivity index is 1.56. The third kappa shape index (κ3) is 7.66. The van der Waals surface area contributed by atoms with Crippen molar-refractivity contribution >= 4 is 18.1 Å². The Labute approximate surface area is 209 Å². The standard InChI is InChI=1S/C28H29FN2O5/c1-5-34-25-16-19(6-15-24(25)36-27(33)20-7-11-22(29)12-8-20)17-30-31-26(32)18-35-23-13-9-21(10-14-23)28(2,3)4/h6-17H,5,18H2,1-4H3,(H,31,32). The molecule has 0 fully saturated rings. The van der Waals surface area contributed by atoms with Crippen LogP contribution in [0.3, 0.4) is 0 Å². The highest BCUT2D eigenvalue weighted by atomic mass is 19.1. The first-order valence-corrected chi connectivity index (χ1v) is 11.5. The largest absolute Gasteiger partial charge is 0.490 e. The predicted molar refractivity (Wildman–Crippen MR) is 135 cm³/mol. The molecule has 0 radical (unpaired) electrons. The Kier molecular flexibility index (Phi) is 8.78. The summed E-state index contributed by atoms with van der Waals surface area (Å²) in [5.41, 5.74) is 4.44. The van der Waals surface area contributed by atoms with E-state index in [0.29, 0.717) is 23.7 Å². The summed E-state index contributed by atoms with van der Waals surface area (Å²) in [6.07, 6.45) is 1.43. The number of carbonyl (C=O) groups is 2. The molecule has 0 spiro atoms. The number of benzene rings is 3. The monoisotopic (exact) mass is 492 g/mol. The van der Waals surface area contributed by atoms with Crippen LogP contribution in [-0.2, 0) is 10.2 Å². The van der Waals surface area contributed by atoms with Crippen LogP contribution in [-0.4, -0.2) is 31.3 Å². The van der Waals surface area contributed by atoms with Gasteiger partial charge in [-0.1, -0.05) is 32.9 Å². The quantitative estimate of drug-likeness (QED) is 0.190. The smallest absolute Gasteiger partial charge is 0.343 e. The summed E-state index contributed by atoms with van der Waals surface area (Å²) >= 11 is 0. The van der Waals surface area contributed by atoms with Crippen LogP contribution in [0, 0.1) is 5.82 Å². The van der Waals surface area contributed by atoms with Crippen molar-refractivity contribution in [3.63, 3.8) is 0 Å². The minimum Gasteiger partial charge on any atom is -0.490 e. The van der Waals surface area contributed by atoms with E-state index < -0.39 is 17.7 Å². The number of halogens is 1. The van der Waals surface area contributed by atoms with Crippen molar-refractivity contribution in [2.45, 2.75) is 33.1 Å². The van der Waals surface area contributed by atoms with Crippen molar-refractivity contribution in [3.8, 4) is 17.2 Å². The van der Waals surface area contributed by atoms with Crippen molar-refractivity contribution in [2.24, 2.45) is 5.10 Å². The molecule has 0 saturated carbocycles. The van der Waals surface area contributed by atoms with Crippen molar-refractivity contribution in [1.29, 1.82) is 0 Å². The zero-order valence-corrected chi connectivity index (χ0v) is 20.7. The molecule has 0 unspecified atom stereocenters. The van der Waals surface area contributed by atoms with Crippen molar-refractivity contribution < 1.29 is 28.2 Å². The van der Waals surface area contributed by atoms with Gasteiger partial charge in [-0.15, -0.1) is 0 Å². The van der Waals surface area contributed by atoms with E-state index in [-0.39, 0.29) is 23.3 Å². The van der Waals surface area contributed by atoms with E-state index in [1.165, 1.54) is 36.0 Å². The molecule has 36 heavy (non-hydrogen) atoms. The van der Waals surface area contributed by atoms with Crippen LogP contribution in [0.2, 0.25) is 0 Å². The maximum Gasteiger partial charge on any atom is 0.343 e.